The van der Waals surface area contributed by atoms with Crippen LogP contribution < -0.4 is 5.32 Å². The van der Waals surface area contributed by atoms with Crippen LogP contribution in [0, 0.1) is 0 Å². The van der Waals surface area contributed by atoms with Crippen molar-refractivity contribution in [3.8, 4) is 0 Å². The van der Waals surface area contributed by atoms with E-state index in [0.29, 0.717) is 32.7 Å². The van der Waals surface area contributed by atoms with Crippen molar-refractivity contribution in [2.24, 2.45) is 0 Å². The maximum absolute atomic E-state index is 11.3. The van der Waals surface area contributed by atoms with Crippen molar-refractivity contribution < 1.29 is 14.3 Å². The largest absolute Gasteiger partial charge is 0.466 e. The lowest BCUT2D eigenvalue weighted by Crippen LogP contribution is -2.36. The molecular weight excluding hydrogens is 208 g/mol. The summed E-state index contributed by atoms with van der Waals surface area (Å²) in [5.74, 6) is -0.225. The van der Waals surface area contributed by atoms with E-state index in [2.05, 4.69) is 5.32 Å². The molecule has 0 bridgehead atoms. The highest BCUT2D eigenvalue weighted by Crippen LogP contribution is 1.91. The zero-order valence-corrected chi connectivity index (χ0v) is 10.4. The third kappa shape index (κ3) is 8.23. The first-order valence-electron chi connectivity index (χ1n) is 5.71. The van der Waals surface area contributed by atoms with Gasteiger partial charge in [-0.1, -0.05) is 6.92 Å². The molecule has 0 aromatic carbocycles. The standard InChI is InChI=1S/C11H22N2O3/c1-4-7-12-10(14)9-13(3)8-6-11(15)16-5-2/h4-9H2,1-3H3,(H,12,14). The maximum Gasteiger partial charge on any atom is 0.307 e. The lowest BCUT2D eigenvalue weighted by atomic mass is 10.4. The van der Waals surface area contributed by atoms with Crippen LogP contribution in [0.1, 0.15) is 26.7 Å². The summed E-state index contributed by atoms with van der Waals surface area (Å²) in [6.45, 7) is 5.74. The SMILES string of the molecule is CCCNC(=O)CN(C)CCC(=O)OCC. The molecule has 0 aliphatic carbocycles. The van der Waals surface area contributed by atoms with Crippen LogP contribution in [0.15, 0.2) is 0 Å². The lowest BCUT2D eigenvalue weighted by Gasteiger charge is -2.15. The number of nitrogens with zero attached hydrogens (tertiary/aromatic N) is 1. The van der Waals surface area contributed by atoms with Gasteiger partial charge in [0, 0.05) is 13.1 Å². The Labute approximate surface area is 97.1 Å². The third-order valence-corrected chi connectivity index (χ3v) is 1.99. The fourth-order valence-electron chi connectivity index (χ4n) is 1.16. The molecule has 0 fully saturated rings. The molecular formula is C11H22N2O3. The van der Waals surface area contributed by atoms with E-state index in [1.54, 1.807) is 6.92 Å². The van der Waals surface area contributed by atoms with E-state index in [4.69, 9.17) is 4.74 Å². The minimum Gasteiger partial charge on any atom is -0.466 e. The van der Waals surface area contributed by atoms with Crippen LogP contribution in [0.3, 0.4) is 0 Å². The molecule has 5 nitrogen and oxygen atoms in total. The van der Waals surface area contributed by atoms with Gasteiger partial charge < -0.3 is 10.1 Å². The number of likely N-dealkylation sites (N-methyl/N-ethyl adjacent to an activating group) is 1. The van der Waals surface area contributed by atoms with Gasteiger partial charge in [-0.25, -0.2) is 0 Å². The maximum atomic E-state index is 11.3. The molecule has 1 N–H and O–H groups in total. The molecule has 0 radical (unpaired) electrons. The van der Waals surface area contributed by atoms with Gasteiger partial charge >= 0.3 is 5.97 Å². The summed E-state index contributed by atoms with van der Waals surface area (Å²) in [6, 6.07) is 0. The van der Waals surface area contributed by atoms with E-state index in [-0.39, 0.29) is 11.9 Å². The Morgan fingerprint density at radius 3 is 2.56 bits per heavy atom. The predicted molar refractivity (Wildman–Crippen MR) is 62.0 cm³/mol. The quantitative estimate of drug-likeness (QED) is 0.613. The molecule has 1 amide bonds. The molecule has 0 saturated carbocycles. The number of carbonyl (C=O) groups is 2. The Morgan fingerprint density at radius 1 is 1.31 bits per heavy atom. The summed E-state index contributed by atoms with van der Waals surface area (Å²) in [7, 11) is 1.81. The van der Waals surface area contributed by atoms with Gasteiger partial charge in [0.15, 0.2) is 0 Å². The Hall–Kier alpha value is -1.10. The fourth-order valence-corrected chi connectivity index (χ4v) is 1.16. The molecule has 0 aliphatic heterocycles. The average molecular weight is 230 g/mol. The van der Waals surface area contributed by atoms with Crippen LogP contribution >= 0.6 is 0 Å². The highest BCUT2D eigenvalue weighted by molar-refractivity contribution is 5.78. The number of hydrogen-bond donors (Lipinski definition) is 1. The summed E-state index contributed by atoms with van der Waals surface area (Å²) in [5.41, 5.74) is 0. The van der Waals surface area contributed by atoms with E-state index >= 15 is 0 Å². The summed E-state index contributed by atoms with van der Waals surface area (Å²) >= 11 is 0. The zero-order valence-electron chi connectivity index (χ0n) is 10.4. The summed E-state index contributed by atoms with van der Waals surface area (Å²) in [6.07, 6.45) is 1.25. The van der Waals surface area contributed by atoms with Gasteiger partial charge in [0.05, 0.1) is 19.6 Å². The molecule has 0 aromatic heterocycles. The van der Waals surface area contributed by atoms with Gasteiger partial charge in [0.1, 0.15) is 0 Å². The second kappa shape index (κ2) is 9.15. The molecule has 5 heteroatoms. The second-order valence-electron chi connectivity index (χ2n) is 3.64. The monoisotopic (exact) mass is 230 g/mol. The Bertz CT molecular complexity index is 219. The van der Waals surface area contributed by atoms with Gasteiger partial charge in [-0.15, -0.1) is 0 Å². The van der Waals surface area contributed by atoms with Gasteiger partial charge in [-0.05, 0) is 20.4 Å². The smallest absolute Gasteiger partial charge is 0.307 e. The molecule has 0 saturated heterocycles. The third-order valence-electron chi connectivity index (χ3n) is 1.99. The number of rotatable bonds is 8. The number of ether oxygens (including phenoxy) is 1. The Kier molecular flexibility index (Phi) is 8.52. The highest BCUT2D eigenvalue weighted by atomic mass is 16.5. The van der Waals surface area contributed by atoms with E-state index < -0.39 is 0 Å². The molecule has 0 aliphatic rings. The van der Waals surface area contributed by atoms with E-state index in [1.165, 1.54) is 0 Å². The van der Waals surface area contributed by atoms with Gasteiger partial charge in [0.25, 0.3) is 0 Å². The molecule has 0 rings (SSSR count). The minimum absolute atomic E-state index is 0.00629. The van der Waals surface area contributed by atoms with Crippen molar-refractivity contribution in [3.63, 3.8) is 0 Å². The summed E-state index contributed by atoms with van der Waals surface area (Å²) in [4.78, 5) is 24.2. The molecule has 0 aromatic rings. The number of carbonyl (C=O) groups excluding carboxylic acids is 2. The molecule has 94 valence electrons. The van der Waals surface area contributed by atoms with Crippen molar-refractivity contribution in [3.05, 3.63) is 0 Å². The first kappa shape index (κ1) is 14.9. The summed E-state index contributed by atoms with van der Waals surface area (Å²) < 4.78 is 4.80. The van der Waals surface area contributed by atoms with Gasteiger partial charge in [0.2, 0.25) is 5.91 Å². The molecule has 0 heterocycles. The number of hydrogen-bond acceptors (Lipinski definition) is 4. The molecule has 0 spiro atoms. The number of amides is 1. The van der Waals surface area contributed by atoms with Crippen LogP contribution in [-0.4, -0.2) is 50.1 Å². The van der Waals surface area contributed by atoms with Gasteiger partial charge in [-0.3, -0.25) is 14.5 Å². The minimum atomic E-state index is -0.219. The second-order valence-corrected chi connectivity index (χ2v) is 3.64. The van der Waals surface area contributed by atoms with E-state index in [0.717, 1.165) is 6.42 Å². The predicted octanol–water partition coefficient (Wildman–Crippen LogP) is 0.398. The van der Waals surface area contributed by atoms with E-state index in [9.17, 15) is 9.59 Å². The van der Waals surface area contributed by atoms with Crippen molar-refractivity contribution in [2.45, 2.75) is 26.7 Å². The van der Waals surface area contributed by atoms with Crippen LogP contribution in [0.25, 0.3) is 0 Å². The number of nitrogens with one attached hydrogen (secondary N) is 1. The first-order valence-corrected chi connectivity index (χ1v) is 5.71. The Balaban J connectivity index is 3.61. The lowest BCUT2D eigenvalue weighted by molar-refractivity contribution is -0.143. The van der Waals surface area contributed by atoms with Gasteiger partial charge in [-0.2, -0.15) is 0 Å². The highest BCUT2D eigenvalue weighted by Gasteiger charge is 2.08. The molecule has 0 unspecified atom stereocenters. The van der Waals surface area contributed by atoms with Crippen molar-refractivity contribution in [1.29, 1.82) is 0 Å². The molecule has 0 atom stereocenters. The number of esters is 1. The van der Waals surface area contributed by atoms with Crippen LogP contribution in [-0.2, 0) is 14.3 Å². The Morgan fingerprint density at radius 2 is 2.00 bits per heavy atom. The normalized spacial score (nSPS) is 10.2. The zero-order chi connectivity index (χ0) is 12.4. The van der Waals surface area contributed by atoms with Crippen LogP contribution in [0.4, 0.5) is 0 Å². The van der Waals surface area contributed by atoms with E-state index in [1.807, 2.05) is 18.9 Å². The van der Waals surface area contributed by atoms with Crippen LogP contribution in [0.5, 0.6) is 0 Å². The first-order chi connectivity index (χ1) is 7.60. The fraction of sp³-hybridized carbons (Fsp3) is 0.818. The van der Waals surface area contributed by atoms with Crippen molar-refractivity contribution >= 4 is 11.9 Å². The average Bonchev–Trinajstić information content (AvgIpc) is 2.24. The van der Waals surface area contributed by atoms with Crippen LogP contribution in [0.2, 0.25) is 0 Å². The molecule has 16 heavy (non-hydrogen) atoms. The van der Waals surface area contributed by atoms with Crippen molar-refractivity contribution in [1.82, 2.24) is 10.2 Å². The van der Waals surface area contributed by atoms with Crippen molar-refractivity contribution in [2.75, 3.05) is 33.3 Å². The summed E-state index contributed by atoms with van der Waals surface area (Å²) in [5, 5.41) is 2.78. The topological polar surface area (TPSA) is 58.6 Å².